The van der Waals surface area contributed by atoms with Crippen molar-refractivity contribution in [1.82, 2.24) is 20.2 Å². The van der Waals surface area contributed by atoms with Crippen molar-refractivity contribution in [3.05, 3.63) is 28.4 Å². The molecule has 1 aromatic heterocycles. The Bertz CT molecular complexity index is 2010. The van der Waals surface area contributed by atoms with Crippen LogP contribution in [0.5, 0.6) is 0 Å². The highest BCUT2D eigenvalue weighted by Gasteiger charge is 2.50. The van der Waals surface area contributed by atoms with Gasteiger partial charge in [0.1, 0.15) is 12.3 Å². The zero-order valence-electron chi connectivity index (χ0n) is 31.4. The maximum atomic E-state index is 12.3. The molecule has 1 aliphatic heterocycles. The fourth-order valence-corrected chi connectivity index (χ4v) is 12.5. The minimum Gasteiger partial charge on any atom is -0.390 e. The van der Waals surface area contributed by atoms with Crippen molar-refractivity contribution < 1.29 is 120 Å². The fraction of sp³-hybridized carbons (Fsp3) is 0.750. The predicted octanol–water partition coefficient (Wildman–Crippen LogP) is 2.83. The lowest BCUT2D eigenvalue weighted by Gasteiger charge is -2.21. The Balaban J connectivity index is 1.71. The Morgan fingerprint density at radius 2 is 1.25 bits per heavy atom. The zero-order valence-corrected chi connectivity index (χ0v) is 36.7. The summed E-state index contributed by atoms with van der Waals surface area (Å²) in [5.74, 6) is -2.39. The van der Waals surface area contributed by atoms with Gasteiger partial charge in [-0.05, 0) is 38.7 Å². The molecule has 9 N–H and O–H groups in total. The minimum atomic E-state index is -6.50. The quantitative estimate of drug-likeness (QED) is 0.0430. The molecule has 0 saturated carbocycles. The smallest absolute Gasteiger partial charge is 0.390 e. The predicted molar refractivity (Wildman–Crippen MR) is 193 cm³/mol. The van der Waals surface area contributed by atoms with Crippen LogP contribution in [0.15, 0.2) is 17.1 Å². The summed E-state index contributed by atoms with van der Waals surface area (Å²) in [4.78, 5) is 96.4. The highest BCUT2D eigenvalue weighted by Crippen LogP contribution is 2.75. The number of nitrogens with zero attached hydrogens (tertiary/aromatic N) is 2. The Kier molecular flexibility index (Phi) is 21.4. The Morgan fingerprint density at radius 3 is 1.77 bits per heavy atom. The number of hydrogen-bond donors (Lipinski definition) is 9. The SMILES string of the molecule is Cc1ccn([C@H]2C[C@@H](O)[C@@H](COP(=O)(O)OP(=O)(O)OP(=O)(O)OP(=O)(O)OP(=O)(O)OP(=O)(O)OCCCCCCNC(=O)CCCCCNC(=O)C(F)(F)F)O2)c(=O)n1. The van der Waals surface area contributed by atoms with E-state index in [9.17, 15) is 89.4 Å². The average molecular weight is 1010 g/mol. The van der Waals surface area contributed by atoms with Crippen molar-refractivity contribution in [3.63, 3.8) is 0 Å². The number of hydrogen-bond acceptors (Lipinski definition) is 19. The van der Waals surface area contributed by atoms with Crippen LogP contribution in [0, 0.1) is 6.92 Å². The number of unbranched alkanes of at least 4 members (excludes halogenated alkanes) is 5. The molecule has 0 radical (unpaired) electrons. The van der Waals surface area contributed by atoms with E-state index in [4.69, 9.17) is 4.74 Å². The average Bonchev–Trinajstić information content (AvgIpc) is 3.42. The van der Waals surface area contributed by atoms with E-state index in [2.05, 4.69) is 40.9 Å². The molecule has 0 aliphatic carbocycles. The first kappa shape index (κ1) is 55.5. The number of carbonyl (C=O) groups excluding carboxylic acids is 2. The van der Waals surface area contributed by atoms with E-state index in [1.54, 1.807) is 5.32 Å². The topological polar surface area (TPSA) is 411 Å². The summed E-state index contributed by atoms with van der Waals surface area (Å²) in [5, 5.41) is 14.5. The van der Waals surface area contributed by atoms with Crippen LogP contribution in [0.2, 0.25) is 0 Å². The van der Waals surface area contributed by atoms with Crippen molar-refractivity contribution in [3.8, 4) is 0 Å². The van der Waals surface area contributed by atoms with Crippen molar-refractivity contribution in [2.24, 2.45) is 0 Å². The first-order valence-corrected chi connectivity index (χ1v) is 26.1. The second-order valence-electron chi connectivity index (χ2n) is 12.4. The molecular formula is C24H43F3N4O24P6. The first-order valence-electron chi connectivity index (χ1n) is 17.2. The van der Waals surface area contributed by atoms with Crippen molar-refractivity contribution in [2.45, 2.75) is 89.3 Å². The molecule has 37 heteroatoms. The largest absolute Gasteiger partial charge is 0.490 e. The van der Waals surface area contributed by atoms with Crippen LogP contribution in [0.3, 0.4) is 0 Å². The molecule has 0 bridgehead atoms. The summed E-state index contributed by atoms with van der Waals surface area (Å²) < 4.78 is 143. The molecule has 2 amide bonds. The first-order chi connectivity index (χ1) is 27.8. The number of ether oxygens (including phenoxy) is 1. The monoisotopic (exact) mass is 1010 g/mol. The Labute approximate surface area is 342 Å². The normalized spacial score (nSPS) is 23.0. The molecule has 1 aliphatic rings. The van der Waals surface area contributed by atoms with E-state index in [1.165, 1.54) is 19.2 Å². The van der Waals surface area contributed by atoms with Crippen LogP contribution in [0.25, 0.3) is 0 Å². The Morgan fingerprint density at radius 1 is 0.770 bits per heavy atom. The molecule has 1 saturated heterocycles. The number of aryl methyl sites for hydroxylation is 1. The molecule has 0 aromatic carbocycles. The van der Waals surface area contributed by atoms with Crippen LogP contribution < -0.4 is 16.3 Å². The lowest BCUT2D eigenvalue weighted by Crippen LogP contribution is -2.37. The van der Waals surface area contributed by atoms with Crippen LogP contribution in [0.4, 0.5) is 13.2 Å². The van der Waals surface area contributed by atoms with Gasteiger partial charge < -0.3 is 49.8 Å². The van der Waals surface area contributed by atoms with Gasteiger partial charge in [0.25, 0.3) is 0 Å². The number of phosphoric ester groups is 2. The van der Waals surface area contributed by atoms with Gasteiger partial charge in [-0.2, -0.15) is 39.7 Å². The number of aliphatic hydroxyl groups excluding tert-OH is 1. The number of carbonyl (C=O) groups is 2. The van der Waals surface area contributed by atoms with E-state index in [-0.39, 0.29) is 44.7 Å². The molecule has 354 valence electrons. The van der Waals surface area contributed by atoms with Crippen LogP contribution in [-0.2, 0) is 72.3 Å². The number of halogens is 3. The highest BCUT2D eigenvalue weighted by molar-refractivity contribution is 7.72. The molecular weight excluding hydrogens is 971 g/mol. The van der Waals surface area contributed by atoms with E-state index < -0.39 is 96.4 Å². The van der Waals surface area contributed by atoms with Gasteiger partial charge in [-0.1, -0.05) is 19.3 Å². The summed E-state index contributed by atoms with van der Waals surface area (Å²) >= 11 is 0. The molecule has 2 rings (SSSR count). The second kappa shape index (κ2) is 23.5. The third-order valence-corrected chi connectivity index (χ3v) is 16.4. The summed E-state index contributed by atoms with van der Waals surface area (Å²) in [5.41, 5.74) is -0.408. The van der Waals surface area contributed by atoms with Gasteiger partial charge in [0, 0.05) is 37.8 Å². The lowest BCUT2D eigenvalue weighted by atomic mass is 10.1. The number of phosphoric acid groups is 6. The number of aliphatic hydroxyl groups is 1. The highest BCUT2D eigenvalue weighted by atomic mass is 31.3. The zero-order chi connectivity index (χ0) is 46.5. The lowest BCUT2D eigenvalue weighted by molar-refractivity contribution is -0.173. The third kappa shape index (κ3) is 22.7. The van der Waals surface area contributed by atoms with E-state index >= 15 is 0 Å². The van der Waals surface area contributed by atoms with Gasteiger partial charge in [-0.3, -0.25) is 23.2 Å². The molecule has 1 fully saturated rings. The molecule has 6 unspecified atom stereocenters. The van der Waals surface area contributed by atoms with Crippen molar-refractivity contribution >= 4 is 58.8 Å². The van der Waals surface area contributed by atoms with E-state index in [0.29, 0.717) is 37.8 Å². The summed E-state index contributed by atoms with van der Waals surface area (Å²) in [7, 11) is -37.0. The molecule has 61 heavy (non-hydrogen) atoms. The second-order valence-corrected chi connectivity index (χ2v) is 21.8. The maximum absolute atomic E-state index is 12.3. The van der Waals surface area contributed by atoms with Gasteiger partial charge in [0.15, 0.2) is 0 Å². The Hall–Kier alpha value is -1.61. The third-order valence-electron chi connectivity index (χ3n) is 7.19. The van der Waals surface area contributed by atoms with Gasteiger partial charge >= 0.3 is 64.7 Å². The van der Waals surface area contributed by atoms with Crippen LogP contribution in [-0.4, -0.2) is 101 Å². The van der Waals surface area contributed by atoms with Crippen molar-refractivity contribution in [1.29, 1.82) is 0 Å². The molecule has 0 spiro atoms. The number of alkyl halides is 3. The van der Waals surface area contributed by atoms with E-state index in [0.717, 1.165) is 4.57 Å². The number of nitrogens with one attached hydrogen (secondary N) is 2. The van der Waals surface area contributed by atoms with Gasteiger partial charge in [0.05, 0.1) is 19.3 Å². The maximum Gasteiger partial charge on any atom is 0.490 e. The van der Waals surface area contributed by atoms with Gasteiger partial charge in [-0.15, -0.1) is 0 Å². The minimum absolute atomic E-state index is 0.0102. The molecule has 2 heterocycles. The van der Waals surface area contributed by atoms with Crippen LogP contribution in [0.1, 0.15) is 69.7 Å². The van der Waals surface area contributed by atoms with E-state index in [1.807, 2.05) is 0 Å². The fourth-order valence-electron chi connectivity index (χ4n) is 4.65. The van der Waals surface area contributed by atoms with Crippen molar-refractivity contribution in [2.75, 3.05) is 26.3 Å². The summed E-state index contributed by atoms with van der Waals surface area (Å²) in [6, 6.07) is 1.44. The molecule has 1 aromatic rings. The van der Waals surface area contributed by atoms with Crippen LogP contribution >= 0.6 is 46.9 Å². The summed E-state index contributed by atoms with van der Waals surface area (Å²) in [6.07, 6.45) is -5.83. The molecule has 28 nitrogen and oxygen atoms in total. The molecule has 9 atom stereocenters. The number of rotatable bonds is 28. The standard InChI is InChI=1S/C24H43F3N4O24P6/c1-17-10-13-31(23(35)30-17)21-15-18(32)19(50-21)16-49-57(38,39)52-59(42,43)54-61(46,47)55-60(44,45)53-58(40,41)51-56(36,37)48-14-8-3-2-6-11-28-20(33)9-5-4-7-12-29-22(34)24(25,26)27/h10,13,18-19,21,32H,2-9,11-12,14-16H2,1H3,(H,28,33)(H,29,34)(H,36,37)(H,38,39)(H,40,41)(H,42,43)(H,44,45)(H,46,47)/t18-,19-,21-/m1/s1. The number of amides is 2. The van der Waals surface area contributed by atoms with Gasteiger partial charge in [-0.25, -0.2) is 32.2 Å². The number of aromatic nitrogens is 2. The van der Waals surface area contributed by atoms with Gasteiger partial charge in [0.2, 0.25) is 5.91 Å². The summed E-state index contributed by atoms with van der Waals surface area (Å²) in [6.45, 7) is -0.162.